The van der Waals surface area contributed by atoms with Crippen molar-refractivity contribution in [3.63, 3.8) is 0 Å². The molecule has 1 amide bonds. The summed E-state index contributed by atoms with van der Waals surface area (Å²) in [7, 11) is 14.9. The number of carbonyl (C=O) groups is 1. The van der Waals surface area contributed by atoms with Crippen LogP contribution in [0.2, 0.25) is 0 Å². The number of rotatable bonds is 18. The number of anilines is 8. The maximum atomic E-state index is 13.5. The molecule has 17 nitrogen and oxygen atoms in total. The Morgan fingerprint density at radius 3 is 1.51 bits per heavy atom. The van der Waals surface area contributed by atoms with E-state index in [1.807, 2.05) is 122 Å². The van der Waals surface area contributed by atoms with Gasteiger partial charge in [-0.2, -0.15) is 0 Å². The summed E-state index contributed by atoms with van der Waals surface area (Å²) in [5, 5.41) is 10.3. The lowest BCUT2D eigenvalue weighted by atomic mass is 10.1. The number of aryl methyl sites for hydroxylation is 2. The van der Waals surface area contributed by atoms with Gasteiger partial charge in [-0.3, -0.25) is 4.79 Å². The summed E-state index contributed by atoms with van der Waals surface area (Å²) in [4.78, 5) is 37.1. The molecule has 0 bridgehead atoms. The van der Waals surface area contributed by atoms with Gasteiger partial charge in [0.15, 0.2) is 11.5 Å². The van der Waals surface area contributed by atoms with E-state index in [2.05, 4.69) is 51.9 Å². The lowest BCUT2D eigenvalue weighted by molar-refractivity contribution is -0.275. The summed E-state index contributed by atoms with van der Waals surface area (Å²) in [5.41, 5.74) is 12.4. The van der Waals surface area contributed by atoms with Crippen LogP contribution in [0, 0.1) is 0 Å². The minimum atomic E-state index is -4.96. The van der Waals surface area contributed by atoms with Crippen molar-refractivity contribution >= 4 is 73.7 Å². The molecule has 400 valence electrons. The molecule has 4 aromatic carbocycles. The molecule has 0 aliphatic rings. The Morgan fingerprint density at radius 1 is 0.632 bits per heavy atom. The van der Waals surface area contributed by atoms with Crippen LogP contribution in [0.3, 0.4) is 0 Å². The Hall–Kier alpha value is -8.57. The van der Waals surface area contributed by atoms with E-state index >= 15 is 0 Å². The lowest BCUT2D eigenvalue weighted by Gasteiger charge is -2.26. The molecule has 8 rings (SSSR count). The first-order chi connectivity index (χ1) is 36.0. The summed E-state index contributed by atoms with van der Waals surface area (Å²) in [5.74, 6) is -1.29. The highest BCUT2D eigenvalue weighted by molar-refractivity contribution is 6.02. The minimum Gasteiger partial charge on any atom is -0.403 e. The molecule has 0 aliphatic heterocycles. The van der Waals surface area contributed by atoms with Crippen molar-refractivity contribution in [1.29, 1.82) is 0 Å². The second-order valence-corrected chi connectivity index (χ2v) is 18.1. The molecule has 4 aromatic heterocycles. The molecule has 0 saturated carbocycles. The zero-order valence-corrected chi connectivity index (χ0v) is 43.0. The number of benzene rings is 4. The predicted octanol–water partition coefficient (Wildman–Crippen LogP) is 10.3. The largest absolute Gasteiger partial charge is 0.573 e. The van der Waals surface area contributed by atoms with Crippen molar-refractivity contribution in [2.24, 2.45) is 14.1 Å². The summed E-state index contributed by atoms with van der Waals surface area (Å²) < 4.78 is 92.8. The predicted molar refractivity (Wildman–Crippen MR) is 288 cm³/mol. The Kier molecular flexibility index (Phi) is 16.9. The van der Waals surface area contributed by atoms with Gasteiger partial charge in [0.05, 0.1) is 45.5 Å². The first kappa shape index (κ1) is 55.2. The van der Waals surface area contributed by atoms with Gasteiger partial charge in [0, 0.05) is 124 Å². The van der Waals surface area contributed by atoms with E-state index in [0.717, 1.165) is 39.0 Å². The van der Waals surface area contributed by atoms with E-state index in [1.165, 1.54) is 30.5 Å². The molecule has 23 heteroatoms. The van der Waals surface area contributed by atoms with Crippen molar-refractivity contribution in [2.75, 3.05) is 99.9 Å². The van der Waals surface area contributed by atoms with Gasteiger partial charge in [0.2, 0.25) is 17.8 Å². The number of carbonyl (C=O) groups excluding carboxylic acids is 1. The Labute approximate surface area is 435 Å². The summed E-state index contributed by atoms with van der Waals surface area (Å²) >= 11 is 0. The smallest absolute Gasteiger partial charge is 0.403 e. The van der Waals surface area contributed by atoms with Crippen LogP contribution in [0.5, 0.6) is 11.5 Å². The third kappa shape index (κ3) is 14.0. The SMILES string of the molecule is C=CC(=O)Nc1cc(Nc2nccc(-c3cn(C)c4ccccc34)n2)c(OC(F)(F)F)cc1N(C)CCN(C)C.CN(C)CCN(C)c1cc(OC(F)(F)F)c(Nc2nccc(-c3cn(C)c4ccccc34)n2)cc1N. The van der Waals surface area contributed by atoms with Crippen LogP contribution in [-0.2, 0) is 18.9 Å². The van der Waals surface area contributed by atoms with E-state index in [4.69, 9.17) is 5.73 Å². The molecule has 0 aliphatic carbocycles. The number of aromatic nitrogens is 6. The highest BCUT2D eigenvalue weighted by Gasteiger charge is 2.34. The molecule has 4 heterocycles. The van der Waals surface area contributed by atoms with E-state index < -0.39 is 30.1 Å². The van der Waals surface area contributed by atoms with Crippen LogP contribution < -0.4 is 41.0 Å². The average molecular weight is 1050 g/mol. The van der Waals surface area contributed by atoms with Gasteiger partial charge in [-0.05, 0) is 70.7 Å². The van der Waals surface area contributed by atoms with Crippen molar-refractivity contribution in [1.82, 2.24) is 38.9 Å². The standard InChI is InChI=1S/C28H30F3N7O2.C25H28F3N7O/c1-6-26(39)33-21-15-22(25(40-28(29,30)31)16-24(21)37(4)14-13-36(2)3)35-27-32-12-11-20(34-27)19-17-38(5)23-10-8-7-9-18(19)23;1-33(2)11-12-34(3)22-14-23(36-25(26,27)28)20(13-18(22)29)32-24-30-10-9-19(31-24)17-15-35(4)21-8-6-5-7-16(17)21/h6-12,15-17H,1,13-14H2,2-5H3,(H,33,39)(H,32,34,35);5-10,13-15H,11-12,29H2,1-4H3,(H,30,31,32). The van der Waals surface area contributed by atoms with Crippen molar-refractivity contribution in [3.8, 4) is 34.0 Å². The Bertz CT molecular complexity index is 3340. The molecule has 0 fully saturated rings. The highest BCUT2D eigenvalue weighted by Crippen LogP contribution is 2.42. The van der Waals surface area contributed by atoms with E-state index in [-0.39, 0.29) is 29.0 Å². The molecule has 0 spiro atoms. The van der Waals surface area contributed by atoms with Gasteiger partial charge in [0.25, 0.3) is 0 Å². The van der Waals surface area contributed by atoms with Crippen molar-refractivity contribution < 1.29 is 40.6 Å². The number of likely N-dealkylation sites (N-methyl/N-ethyl adjacent to an activating group) is 4. The molecular weight excluding hydrogens is 995 g/mol. The van der Waals surface area contributed by atoms with Gasteiger partial charge < -0.3 is 59.9 Å². The van der Waals surface area contributed by atoms with Crippen LogP contribution in [0.25, 0.3) is 44.3 Å². The topological polar surface area (TPSA) is 172 Å². The fourth-order valence-corrected chi connectivity index (χ4v) is 8.11. The number of hydrogen-bond donors (Lipinski definition) is 4. The van der Waals surface area contributed by atoms with Crippen LogP contribution in [0.1, 0.15) is 0 Å². The molecule has 0 unspecified atom stereocenters. The highest BCUT2D eigenvalue weighted by atomic mass is 19.4. The van der Waals surface area contributed by atoms with Crippen molar-refractivity contribution in [3.05, 3.63) is 122 Å². The summed E-state index contributed by atoms with van der Waals surface area (Å²) in [6, 6.07) is 24.4. The van der Waals surface area contributed by atoms with Crippen LogP contribution in [-0.4, -0.2) is 126 Å². The number of nitrogen functional groups attached to an aromatic ring is 1. The van der Waals surface area contributed by atoms with Gasteiger partial charge in [-0.1, -0.05) is 43.0 Å². The summed E-state index contributed by atoms with van der Waals surface area (Å²) in [6.07, 6.45) is -1.84. The lowest BCUT2D eigenvalue weighted by Crippen LogP contribution is -2.29. The second kappa shape index (κ2) is 23.3. The molecule has 5 N–H and O–H groups in total. The second-order valence-electron chi connectivity index (χ2n) is 18.1. The number of alkyl halides is 6. The maximum Gasteiger partial charge on any atom is 0.573 e. The molecular formula is C53H58F6N14O3. The number of fused-ring (bicyclic) bond motifs is 2. The minimum absolute atomic E-state index is 0.00431. The molecule has 8 aromatic rings. The van der Waals surface area contributed by atoms with Crippen LogP contribution >= 0.6 is 0 Å². The molecule has 0 radical (unpaired) electrons. The van der Waals surface area contributed by atoms with Gasteiger partial charge in [-0.15, -0.1) is 26.3 Å². The third-order valence-electron chi connectivity index (χ3n) is 11.9. The van der Waals surface area contributed by atoms with Gasteiger partial charge in [0.1, 0.15) is 0 Å². The average Bonchev–Trinajstić information content (AvgIpc) is 3.90. The number of ether oxygens (including phenoxy) is 2. The Balaban J connectivity index is 0.000000222. The molecule has 0 saturated heterocycles. The number of nitrogens with two attached hydrogens (primary N) is 1. The van der Waals surface area contributed by atoms with E-state index in [0.29, 0.717) is 54.6 Å². The Morgan fingerprint density at radius 2 is 1.07 bits per heavy atom. The quantitative estimate of drug-likeness (QED) is 0.0363. The number of halogens is 6. The first-order valence-electron chi connectivity index (χ1n) is 23.5. The number of amides is 1. The number of para-hydroxylation sites is 2. The number of nitrogens with zero attached hydrogens (tertiary/aromatic N) is 10. The zero-order chi connectivity index (χ0) is 55.1. The fourth-order valence-electron chi connectivity index (χ4n) is 8.11. The first-order valence-corrected chi connectivity index (χ1v) is 23.5. The van der Waals surface area contributed by atoms with E-state index in [9.17, 15) is 31.1 Å². The maximum absolute atomic E-state index is 13.5. The molecule has 76 heavy (non-hydrogen) atoms. The van der Waals surface area contributed by atoms with Gasteiger partial charge >= 0.3 is 12.7 Å². The normalized spacial score (nSPS) is 11.6. The number of hydrogen-bond acceptors (Lipinski definition) is 14. The third-order valence-corrected chi connectivity index (χ3v) is 11.9. The molecule has 0 atom stereocenters. The summed E-state index contributed by atoms with van der Waals surface area (Å²) in [6.45, 7) is 5.81. The van der Waals surface area contributed by atoms with Crippen molar-refractivity contribution in [2.45, 2.75) is 12.7 Å². The fraction of sp³-hybridized carbons (Fsp3) is 0.264. The monoisotopic (exact) mass is 1050 g/mol. The van der Waals surface area contributed by atoms with Gasteiger partial charge in [-0.25, -0.2) is 19.9 Å². The van der Waals surface area contributed by atoms with Crippen LogP contribution in [0.4, 0.5) is 72.4 Å². The van der Waals surface area contributed by atoms with E-state index in [1.54, 1.807) is 42.2 Å². The number of nitrogens with one attached hydrogen (secondary N) is 3. The zero-order valence-electron chi connectivity index (χ0n) is 43.0. The van der Waals surface area contributed by atoms with Crippen LogP contribution in [0.15, 0.2) is 122 Å².